The zero-order valence-electron chi connectivity index (χ0n) is 14.1. The van der Waals surface area contributed by atoms with Crippen molar-refractivity contribution in [2.75, 3.05) is 5.01 Å². The summed E-state index contributed by atoms with van der Waals surface area (Å²) >= 11 is 0. The second kappa shape index (κ2) is 6.68. The molecule has 2 heterocycles. The summed E-state index contributed by atoms with van der Waals surface area (Å²) in [5.41, 5.74) is 6.19. The summed E-state index contributed by atoms with van der Waals surface area (Å²) in [7, 11) is 0. The zero-order valence-corrected chi connectivity index (χ0v) is 14.1. The number of hydrogen-bond donors (Lipinski definition) is 1. The Hall–Kier alpha value is -3.67. The number of hydrazine groups is 1. The number of amides is 1. The number of pyridine rings is 1. The number of nitrogens with zero attached hydrogens (tertiary/aromatic N) is 3. The maximum absolute atomic E-state index is 12.8. The highest BCUT2D eigenvalue weighted by molar-refractivity contribution is 5.98. The Bertz CT molecular complexity index is 1010. The predicted octanol–water partition coefficient (Wildman–Crippen LogP) is 4.01. The Labute approximate surface area is 150 Å². The van der Waals surface area contributed by atoms with Gasteiger partial charge in [0.25, 0.3) is 11.6 Å². The van der Waals surface area contributed by atoms with Crippen LogP contribution in [0, 0.1) is 6.92 Å². The number of aryl methyl sites for hydroxylation is 1. The third-order valence-corrected chi connectivity index (χ3v) is 4.01. The summed E-state index contributed by atoms with van der Waals surface area (Å²) in [6.45, 7) is 1.81. The van der Waals surface area contributed by atoms with Gasteiger partial charge in [-0.15, -0.1) is 0 Å². The molecular weight excluding hydrogens is 328 g/mol. The van der Waals surface area contributed by atoms with E-state index in [9.17, 15) is 4.79 Å². The first-order valence-electron chi connectivity index (χ1n) is 8.15. The van der Waals surface area contributed by atoms with Crippen molar-refractivity contribution in [3.8, 4) is 0 Å². The third kappa shape index (κ3) is 3.00. The molecule has 4 aromatic rings. The van der Waals surface area contributed by atoms with Gasteiger partial charge in [0.1, 0.15) is 0 Å². The Morgan fingerprint density at radius 2 is 1.62 bits per heavy atom. The summed E-state index contributed by atoms with van der Waals surface area (Å²) in [5.74, 6) is -0.271. The molecule has 4 rings (SSSR count). The molecule has 6 nitrogen and oxygen atoms in total. The molecule has 0 saturated carbocycles. The Balaban J connectivity index is 1.68. The van der Waals surface area contributed by atoms with Crippen LogP contribution in [0.4, 0.5) is 11.4 Å². The molecular formula is C20H16N4O2. The number of anilines is 2. The molecule has 2 aromatic carbocycles. The van der Waals surface area contributed by atoms with E-state index in [4.69, 9.17) is 4.52 Å². The number of benzene rings is 2. The van der Waals surface area contributed by atoms with E-state index in [1.54, 1.807) is 11.1 Å². The molecule has 0 atom stereocenters. The van der Waals surface area contributed by atoms with E-state index in [1.165, 1.54) is 6.20 Å². The van der Waals surface area contributed by atoms with Gasteiger partial charge in [-0.2, -0.15) is 0 Å². The third-order valence-electron chi connectivity index (χ3n) is 4.01. The Morgan fingerprint density at radius 1 is 1.00 bits per heavy atom. The molecule has 0 spiro atoms. The van der Waals surface area contributed by atoms with Crippen molar-refractivity contribution >= 4 is 28.4 Å². The average molecular weight is 344 g/mol. The van der Waals surface area contributed by atoms with Crippen LogP contribution in [-0.4, -0.2) is 16.0 Å². The van der Waals surface area contributed by atoms with Gasteiger partial charge in [-0.25, -0.2) is 4.98 Å². The van der Waals surface area contributed by atoms with E-state index in [0.29, 0.717) is 17.0 Å². The average Bonchev–Trinajstić information content (AvgIpc) is 3.07. The van der Waals surface area contributed by atoms with Gasteiger partial charge in [0.05, 0.1) is 28.0 Å². The summed E-state index contributed by atoms with van der Waals surface area (Å²) in [4.78, 5) is 17.0. The smallest absolute Gasteiger partial charge is 0.271 e. The highest BCUT2D eigenvalue weighted by atomic mass is 16.5. The minimum absolute atomic E-state index is 0.271. The van der Waals surface area contributed by atoms with E-state index < -0.39 is 0 Å². The molecule has 6 heteroatoms. The van der Waals surface area contributed by atoms with Gasteiger partial charge in [-0.1, -0.05) is 41.6 Å². The number of carbonyl (C=O) groups excluding carboxylic acids is 1. The quantitative estimate of drug-likeness (QED) is 0.566. The monoisotopic (exact) mass is 344 g/mol. The van der Waals surface area contributed by atoms with Crippen LogP contribution in [0.15, 0.2) is 77.4 Å². The van der Waals surface area contributed by atoms with Crippen LogP contribution in [-0.2, 0) is 0 Å². The topological polar surface area (TPSA) is 71.3 Å². The molecule has 1 amide bonds. The van der Waals surface area contributed by atoms with E-state index >= 15 is 0 Å². The summed E-state index contributed by atoms with van der Waals surface area (Å²) in [6.07, 6.45) is 1.48. The van der Waals surface area contributed by atoms with Gasteiger partial charge < -0.3 is 4.52 Å². The van der Waals surface area contributed by atoms with Gasteiger partial charge in [-0.05, 0) is 37.3 Å². The second-order valence-corrected chi connectivity index (χ2v) is 5.79. The van der Waals surface area contributed by atoms with Crippen LogP contribution in [0.3, 0.4) is 0 Å². The molecule has 0 saturated heterocycles. The summed E-state index contributed by atoms with van der Waals surface area (Å²) in [5, 5.41) is 6.34. The van der Waals surface area contributed by atoms with Crippen LogP contribution in [0.1, 0.15) is 16.1 Å². The van der Waals surface area contributed by atoms with Gasteiger partial charge >= 0.3 is 0 Å². The highest BCUT2D eigenvalue weighted by Gasteiger charge is 2.16. The largest absolute Gasteiger partial charge is 0.336 e. The van der Waals surface area contributed by atoms with E-state index in [1.807, 2.05) is 67.6 Å². The minimum Gasteiger partial charge on any atom is -0.336 e. The SMILES string of the molecule is Cc1noc2ncc(C(=O)NN(c3ccccc3)c3ccccc3)cc12. The maximum Gasteiger partial charge on any atom is 0.271 e. The van der Waals surface area contributed by atoms with E-state index in [0.717, 1.165) is 16.8 Å². The molecule has 1 N–H and O–H groups in total. The van der Waals surface area contributed by atoms with Crippen molar-refractivity contribution in [1.82, 2.24) is 15.6 Å². The fourth-order valence-electron chi connectivity index (χ4n) is 2.67. The predicted molar refractivity (Wildman–Crippen MR) is 99.0 cm³/mol. The second-order valence-electron chi connectivity index (χ2n) is 5.79. The van der Waals surface area contributed by atoms with Crippen molar-refractivity contribution in [2.45, 2.75) is 6.92 Å². The molecule has 128 valence electrons. The van der Waals surface area contributed by atoms with Crippen LogP contribution >= 0.6 is 0 Å². The molecule has 0 aliphatic rings. The van der Waals surface area contributed by atoms with Crippen LogP contribution in [0.2, 0.25) is 0 Å². The maximum atomic E-state index is 12.8. The van der Waals surface area contributed by atoms with E-state index in [2.05, 4.69) is 15.6 Å². The van der Waals surface area contributed by atoms with Crippen LogP contribution in [0.5, 0.6) is 0 Å². The van der Waals surface area contributed by atoms with Gasteiger partial charge in [0.15, 0.2) is 0 Å². The summed E-state index contributed by atoms with van der Waals surface area (Å²) in [6, 6.07) is 21.0. The molecule has 2 aromatic heterocycles. The number of hydrogen-bond acceptors (Lipinski definition) is 5. The van der Waals surface area contributed by atoms with Crippen molar-refractivity contribution < 1.29 is 9.32 Å². The normalized spacial score (nSPS) is 10.7. The summed E-state index contributed by atoms with van der Waals surface area (Å²) < 4.78 is 5.10. The number of fused-ring (bicyclic) bond motifs is 1. The first kappa shape index (κ1) is 15.8. The standard InChI is InChI=1S/C20H16N4O2/c1-14-18-12-15(13-21-20(18)26-23-14)19(25)22-24(16-8-4-2-5-9-16)17-10-6-3-7-11-17/h2-13H,1H3,(H,22,25). The molecule has 0 bridgehead atoms. The number of rotatable bonds is 4. The number of carbonyl (C=O) groups is 1. The number of aromatic nitrogens is 2. The lowest BCUT2D eigenvalue weighted by Crippen LogP contribution is -2.39. The first-order chi connectivity index (χ1) is 12.7. The van der Waals surface area contributed by atoms with Gasteiger partial charge in [0.2, 0.25) is 0 Å². The molecule has 26 heavy (non-hydrogen) atoms. The Kier molecular flexibility index (Phi) is 4.07. The van der Waals surface area contributed by atoms with Crippen molar-refractivity contribution in [3.05, 3.63) is 84.2 Å². The van der Waals surface area contributed by atoms with E-state index in [-0.39, 0.29) is 5.91 Å². The molecule has 0 fully saturated rings. The number of para-hydroxylation sites is 2. The van der Waals surface area contributed by atoms with Crippen LogP contribution in [0.25, 0.3) is 11.1 Å². The van der Waals surface area contributed by atoms with Gasteiger partial charge in [0, 0.05) is 6.20 Å². The molecule has 0 aliphatic carbocycles. The van der Waals surface area contributed by atoms with Gasteiger partial charge in [-0.3, -0.25) is 15.2 Å². The molecule has 0 unspecified atom stereocenters. The fourth-order valence-corrected chi connectivity index (χ4v) is 2.67. The zero-order chi connectivity index (χ0) is 17.9. The van der Waals surface area contributed by atoms with Crippen molar-refractivity contribution in [2.24, 2.45) is 0 Å². The van der Waals surface area contributed by atoms with Crippen molar-refractivity contribution in [1.29, 1.82) is 0 Å². The lowest BCUT2D eigenvalue weighted by Gasteiger charge is -2.25. The van der Waals surface area contributed by atoms with Crippen LogP contribution < -0.4 is 10.4 Å². The lowest BCUT2D eigenvalue weighted by atomic mass is 10.2. The molecule has 0 aliphatic heterocycles. The number of nitrogens with one attached hydrogen (secondary N) is 1. The molecule has 0 radical (unpaired) electrons. The Morgan fingerprint density at radius 3 is 2.23 bits per heavy atom. The first-order valence-corrected chi connectivity index (χ1v) is 8.15. The highest BCUT2D eigenvalue weighted by Crippen LogP contribution is 2.23. The minimum atomic E-state index is -0.271. The fraction of sp³-hybridized carbons (Fsp3) is 0.0500. The van der Waals surface area contributed by atoms with Crippen molar-refractivity contribution in [3.63, 3.8) is 0 Å². The lowest BCUT2D eigenvalue weighted by molar-refractivity contribution is 0.0953.